The molecule has 0 radical (unpaired) electrons. The zero-order valence-corrected chi connectivity index (χ0v) is 36.3. The van der Waals surface area contributed by atoms with Gasteiger partial charge in [-0.25, -0.2) is 18.7 Å². The minimum absolute atomic E-state index is 0.0701. The van der Waals surface area contributed by atoms with Gasteiger partial charge in [-0.3, -0.25) is 19.3 Å². The maximum atomic E-state index is 14.1. The number of benzene rings is 1. The number of halogens is 5. The number of nitrogens with zero attached hydrogens (tertiary/aromatic N) is 16. The molecule has 11 rings (SSSR count). The molecule has 10 aromatic heterocycles. The van der Waals surface area contributed by atoms with Gasteiger partial charge >= 0.3 is 6.18 Å². The molecule has 0 bridgehead atoms. The highest BCUT2D eigenvalue weighted by Crippen LogP contribution is 2.40. The largest absolute Gasteiger partial charge is 0.489 e. The van der Waals surface area contributed by atoms with Crippen LogP contribution in [0.4, 0.5) is 33.3 Å². The quantitative estimate of drug-likeness (QED) is 0.0999. The number of anilines is 2. The Balaban J connectivity index is 0.977. The molecule has 11 aromatic rings. The number of aryl methyl sites for hydroxylation is 1. The van der Waals surface area contributed by atoms with Crippen molar-refractivity contribution >= 4 is 44.7 Å². The second-order valence-electron chi connectivity index (χ2n) is 15.6. The van der Waals surface area contributed by atoms with Gasteiger partial charge in [-0.1, -0.05) is 0 Å². The van der Waals surface area contributed by atoms with Gasteiger partial charge in [0.25, 0.3) is 0 Å². The molecule has 70 heavy (non-hydrogen) atoms. The van der Waals surface area contributed by atoms with Gasteiger partial charge in [-0.15, -0.1) is 20.4 Å². The number of rotatable bonds is 15. The van der Waals surface area contributed by atoms with Crippen molar-refractivity contribution in [2.75, 3.05) is 23.8 Å². The lowest BCUT2D eigenvalue weighted by Gasteiger charge is -2.16. The molecule has 0 fully saturated rings. The van der Waals surface area contributed by atoms with E-state index in [9.17, 15) is 22.0 Å². The second kappa shape index (κ2) is 17.7. The number of ether oxygens (including phenoxy) is 2. The van der Waals surface area contributed by atoms with Crippen molar-refractivity contribution < 1.29 is 31.4 Å². The van der Waals surface area contributed by atoms with Gasteiger partial charge in [0, 0.05) is 66.9 Å². The third-order valence-corrected chi connectivity index (χ3v) is 10.9. The average Bonchev–Trinajstić information content (AvgIpc) is 4.19. The van der Waals surface area contributed by atoms with Gasteiger partial charge in [0.15, 0.2) is 29.6 Å². The molecule has 2 N–H and O–H groups in total. The summed E-state index contributed by atoms with van der Waals surface area (Å²) in [6.07, 6.45) is 8.40. The van der Waals surface area contributed by atoms with Crippen LogP contribution in [0, 0.1) is 11.6 Å². The predicted octanol–water partition coefficient (Wildman–Crippen LogP) is 6.90. The van der Waals surface area contributed by atoms with E-state index in [2.05, 4.69) is 56.3 Å². The molecule has 0 amide bonds. The monoisotopic (exact) mass is 952 g/mol. The highest BCUT2D eigenvalue weighted by Gasteiger charge is 2.29. The molecule has 0 aliphatic carbocycles. The molecule has 0 aliphatic rings. The van der Waals surface area contributed by atoms with E-state index in [1.165, 1.54) is 35.1 Å². The Kier molecular flexibility index (Phi) is 11.0. The van der Waals surface area contributed by atoms with Crippen LogP contribution in [-0.4, -0.2) is 98.5 Å². The van der Waals surface area contributed by atoms with Crippen molar-refractivity contribution in [1.82, 2.24) is 79.1 Å². The first kappa shape index (κ1) is 43.3. The second-order valence-corrected chi connectivity index (χ2v) is 15.6. The lowest BCUT2D eigenvalue weighted by Crippen LogP contribution is -2.19. The molecule has 20 nitrogen and oxygen atoms in total. The first-order valence-corrected chi connectivity index (χ1v) is 21.2. The number of alkyl halides is 3. The standard InChI is InChI=1S/C45H33F5N18O2/c1-65-23-26(18-58-65)34-17-30(44-62-61-39(68(44)64-34)22-53-32-5-8-51-35-16-29(19-55-41(32)35)70-24-45(48,49)50)40-36(69-12-11-66-10-2-7-57-66)20-56-42-33(6-9-52-43(40)42)54-21-38-60-59-37-4-3-31(63-67(37)38)25-13-27(46)15-28(47)14-25/h2-10,13-20,23H,11-12,21-22,24H2,1H3,(H,51,53)(H,52,54). The van der Waals surface area contributed by atoms with Crippen LogP contribution >= 0.6 is 0 Å². The minimum atomic E-state index is -4.52. The predicted molar refractivity (Wildman–Crippen MR) is 241 cm³/mol. The molecule has 0 spiro atoms. The third-order valence-electron chi connectivity index (χ3n) is 10.9. The Labute approximate surface area is 389 Å². The molecule has 0 unspecified atom stereocenters. The summed E-state index contributed by atoms with van der Waals surface area (Å²) in [6, 6.07) is 14.9. The Morgan fingerprint density at radius 1 is 0.671 bits per heavy atom. The van der Waals surface area contributed by atoms with E-state index in [1.54, 1.807) is 70.0 Å². The highest BCUT2D eigenvalue weighted by molar-refractivity contribution is 6.03. The maximum absolute atomic E-state index is 14.1. The van der Waals surface area contributed by atoms with E-state index < -0.39 is 24.4 Å². The SMILES string of the molecule is Cn1cc(-c2cc(-c3c(OCCn4cccn4)cnc4c(NCc5nnc6ccc(-c7cc(F)cc(F)c7)nn56)ccnc34)c3nnc(CNc4ccnc5cc(OCC(F)(F)F)cnc45)n3n2)cn1. The van der Waals surface area contributed by atoms with Crippen molar-refractivity contribution in [3.8, 4) is 45.1 Å². The molecule has 0 saturated heterocycles. The summed E-state index contributed by atoms with van der Waals surface area (Å²) in [4.78, 5) is 18.3. The van der Waals surface area contributed by atoms with Crippen LogP contribution in [0.2, 0.25) is 0 Å². The van der Waals surface area contributed by atoms with Crippen molar-refractivity contribution in [2.24, 2.45) is 7.05 Å². The summed E-state index contributed by atoms with van der Waals surface area (Å²) in [6.45, 7) is -0.665. The van der Waals surface area contributed by atoms with Crippen LogP contribution in [0.3, 0.4) is 0 Å². The molecule has 0 atom stereocenters. The lowest BCUT2D eigenvalue weighted by atomic mass is 10.0. The average molecular weight is 953 g/mol. The minimum Gasteiger partial charge on any atom is -0.489 e. The van der Waals surface area contributed by atoms with Crippen LogP contribution in [0.5, 0.6) is 11.5 Å². The summed E-state index contributed by atoms with van der Waals surface area (Å²) in [7, 11) is 1.79. The van der Waals surface area contributed by atoms with Gasteiger partial charge in [0.2, 0.25) is 0 Å². The lowest BCUT2D eigenvalue weighted by molar-refractivity contribution is -0.153. The smallest absolute Gasteiger partial charge is 0.422 e. The molecule has 10 heterocycles. The van der Waals surface area contributed by atoms with E-state index >= 15 is 0 Å². The number of fused-ring (bicyclic) bond motifs is 4. The maximum Gasteiger partial charge on any atom is 0.422 e. The van der Waals surface area contributed by atoms with Gasteiger partial charge in [-0.2, -0.15) is 42.6 Å². The van der Waals surface area contributed by atoms with Crippen molar-refractivity contribution in [3.05, 3.63) is 134 Å². The van der Waals surface area contributed by atoms with Gasteiger partial charge in [-0.05, 0) is 48.5 Å². The number of aromatic nitrogens is 16. The summed E-state index contributed by atoms with van der Waals surface area (Å²) >= 11 is 0. The molecule has 25 heteroatoms. The van der Waals surface area contributed by atoms with E-state index in [1.807, 2.05) is 24.5 Å². The number of pyridine rings is 4. The number of hydrogen-bond donors (Lipinski definition) is 2. The Bertz CT molecular complexity index is 3710. The fourth-order valence-electron chi connectivity index (χ4n) is 7.72. The molecular weight excluding hydrogens is 920 g/mol. The number of nitrogens with one attached hydrogen (secondary N) is 2. The van der Waals surface area contributed by atoms with E-state index in [4.69, 9.17) is 24.5 Å². The van der Waals surface area contributed by atoms with Crippen LogP contribution in [0.15, 0.2) is 110 Å². The van der Waals surface area contributed by atoms with E-state index in [0.717, 1.165) is 6.07 Å². The molecule has 0 aliphatic heterocycles. The molecule has 350 valence electrons. The summed E-state index contributed by atoms with van der Waals surface area (Å²) in [5.74, 6) is -0.397. The molecule has 0 saturated carbocycles. The Morgan fingerprint density at radius 2 is 1.43 bits per heavy atom. The first-order valence-electron chi connectivity index (χ1n) is 21.2. The van der Waals surface area contributed by atoms with Gasteiger partial charge in [0.05, 0.1) is 72.1 Å². The van der Waals surface area contributed by atoms with Crippen LogP contribution in [-0.2, 0) is 26.7 Å². The van der Waals surface area contributed by atoms with Crippen LogP contribution in [0.1, 0.15) is 11.6 Å². The number of hydrogen-bond acceptors (Lipinski definition) is 16. The van der Waals surface area contributed by atoms with Crippen LogP contribution in [0.25, 0.3) is 67.0 Å². The Hall–Kier alpha value is -9.29. The van der Waals surface area contributed by atoms with Crippen molar-refractivity contribution in [1.29, 1.82) is 0 Å². The summed E-state index contributed by atoms with van der Waals surface area (Å²) in [5.41, 5.74) is 6.22. The Morgan fingerprint density at radius 3 is 2.20 bits per heavy atom. The van der Waals surface area contributed by atoms with E-state index in [-0.39, 0.29) is 31.0 Å². The summed E-state index contributed by atoms with van der Waals surface area (Å²) in [5, 5.41) is 42.7. The van der Waals surface area contributed by atoms with E-state index in [0.29, 0.717) is 96.8 Å². The zero-order chi connectivity index (χ0) is 47.9. The third kappa shape index (κ3) is 8.72. The highest BCUT2D eigenvalue weighted by atomic mass is 19.4. The fourth-order valence-corrected chi connectivity index (χ4v) is 7.72. The van der Waals surface area contributed by atoms with Gasteiger partial charge in [0.1, 0.15) is 46.3 Å². The van der Waals surface area contributed by atoms with Crippen LogP contribution < -0.4 is 20.1 Å². The van der Waals surface area contributed by atoms with Gasteiger partial charge < -0.3 is 20.1 Å². The fraction of sp³-hybridized carbons (Fsp3) is 0.156. The zero-order valence-electron chi connectivity index (χ0n) is 36.3. The summed E-state index contributed by atoms with van der Waals surface area (Å²) < 4.78 is 84.7. The normalized spacial score (nSPS) is 11.9. The first-order chi connectivity index (χ1) is 34.0. The molecular formula is C45H33F5N18O2. The topological polar surface area (TPSA) is 216 Å². The van der Waals surface area contributed by atoms with Crippen molar-refractivity contribution in [2.45, 2.75) is 25.8 Å². The molecule has 1 aromatic carbocycles. The van der Waals surface area contributed by atoms with Crippen molar-refractivity contribution in [3.63, 3.8) is 0 Å².